The van der Waals surface area contributed by atoms with Gasteiger partial charge in [-0.15, -0.1) is 0 Å². The van der Waals surface area contributed by atoms with Crippen LogP contribution in [0, 0.1) is 5.41 Å². The molecule has 1 aliphatic heterocycles. The molecule has 1 spiro atoms. The molecule has 3 aliphatic rings. The number of H-pyrrole nitrogens is 1. The van der Waals surface area contributed by atoms with E-state index in [4.69, 9.17) is 4.11 Å². The molecular formula is C23H26N4O3S. The number of sulfonamides is 1. The molecule has 6 rings (SSSR count). The van der Waals surface area contributed by atoms with E-state index in [2.05, 4.69) is 14.6 Å². The van der Waals surface area contributed by atoms with Crippen molar-refractivity contribution in [3.05, 3.63) is 47.0 Å². The SMILES string of the molecule is [2H]C([2H])([2H])n1cc(-c2cc(NS(=O)(=O)C3CC3)ccc2N2CC3(CCC3)C2)c2cc[nH]c2c1=O. The van der Waals surface area contributed by atoms with Crippen LogP contribution < -0.4 is 15.2 Å². The molecule has 3 heterocycles. The van der Waals surface area contributed by atoms with Gasteiger partial charge < -0.3 is 14.5 Å². The van der Waals surface area contributed by atoms with Crippen molar-refractivity contribution in [3.8, 4) is 11.1 Å². The van der Waals surface area contributed by atoms with Crippen LogP contribution in [0.4, 0.5) is 11.4 Å². The highest BCUT2D eigenvalue weighted by molar-refractivity contribution is 7.93. The van der Waals surface area contributed by atoms with Crippen LogP contribution >= 0.6 is 0 Å². The Bertz CT molecular complexity index is 1460. The number of hydrogen-bond donors (Lipinski definition) is 2. The van der Waals surface area contributed by atoms with E-state index in [-0.39, 0.29) is 10.8 Å². The molecule has 0 amide bonds. The van der Waals surface area contributed by atoms with Gasteiger partial charge in [0.25, 0.3) is 5.56 Å². The summed E-state index contributed by atoms with van der Waals surface area (Å²) in [4.78, 5) is 18.0. The van der Waals surface area contributed by atoms with E-state index in [1.54, 1.807) is 24.4 Å². The van der Waals surface area contributed by atoms with Gasteiger partial charge in [-0.3, -0.25) is 9.52 Å². The lowest BCUT2D eigenvalue weighted by Gasteiger charge is -2.57. The third-order valence-corrected chi connectivity index (χ3v) is 8.91. The van der Waals surface area contributed by atoms with E-state index in [0.717, 1.165) is 23.3 Å². The smallest absolute Gasteiger partial charge is 0.274 e. The van der Waals surface area contributed by atoms with Gasteiger partial charge in [0, 0.05) is 69.9 Å². The summed E-state index contributed by atoms with van der Waals surface area (Å²) in [6.07, 6.45) is 7.98. The monoisotopic (exact) mass is 441 g/mol. The standard InChI is InChI=1S/C23H26N4O3S/c1-26-12-19(17-7-10-24-21(17)22(26)28)18-11-15(25-31(29,30)16-4-5-16)3-6-20(18)27-13-23(14-27)8-2-9-23/h3,6-7,10-12,16,24-25H,2,4-5,8-9,13-14H2,1H3/i1D3. The number of hydrogen-bond acceptors (Lipinski definition) is 4. The van der Waals surface area contributed by atoms with E-state index in [9.17, 15) is 13.2 Å². The normalized spacial score (nSPS) is 21.8. The Morgan fingerprint density at radius 2 is 2.00 bits per heavy atom. The molecule has 7 nitrogen and oxygen atoms in total. The molecule has 1 saturated heterocycles. The quantitative estimate of drug-likeness (QED) is 0.635. The maximum atomic E-state index is 12.8. The van der Waals surface area contributed by atoms with Gasteiger partial charge in [-0.2, -0.15) is 0 Å². The van der Waals surface area contributed by atoms with Gasteiger partial charge in [-0.1, -0.05) is 6.42 Å². The van der Waals surface area contributed by atoms with Gasteiger partial charge >= 0.3 is 0 Å². The number of aromatic nitrogens is 2. The molecule has 31 heavy (non-hydrogen) atoms. The highest BCUT2D eigenvalue weighted by Crippen LogP contribution is 2.51. The largest absolute Gasteiger partial charge is 0.370 e. The number of pyridine rings is 1. The average molecular weight is 442 g/mol. The molecular weight excluding hydrogens is 412 g/mol. The van der Waals surface area contributed by atoms with E-state index >= 15 is 0 Å². The van der Waals surface area contributed by atoms with Gasteiger partial charge in [0.15, 0.2) is 0 Å². The zero-order chi connectivity index (χ0) is 23.9. The summed E-state index contributed by atoms with van der Waals surface area (Å²) in [5.41, 5.74) is 2.57. The molecule has 8 heteroatoms. The van der Waals surface area contributed by atoms with Crippen molar-refractivity contribution in [3.63, 3.8) is 0 Å². The Labute approximate surface area is 185 Å². The minimum Gasteiger partial charge on any atom is -0.370 e. The molecule has 0 bridgehead atoms. The van der Waals surface area contributed by atoms with Gasteiger partial charge in [0.2, 0.25) is 10.0 Å². The van der Waals surface area contributed by atoms with Crippen molar-refractivity contribution in [2.45, 2.75) is 37.4 Å². The second-order valence-electron chi connectivity index (χ2n) is 9.27. The molecule has 2 aliphatic carbocycles. The van der Waals surface area contributed by atoms with Crippen LogP contribution in [0.3, 0.4) is 0 Å². The molecule has 3 aromatic rings. The summed E-state index contributed by atoms with van der Waals surface area (Å²) in [6.45, 7) is -0.812. The molecule has 2 N–H and O–H groups in total. The Balaban J connectivity index is 1.51. The maximum Gasteiger partial charge on any atom is 0.274 e. The van der Waals surface area contributed by atoms with Crippen molar-refractivity contribution in [2.75, 3.05) is 22.7 Å². The van der Waals surface area contributed by atoms with Crippen molar-refractivity contribution in [1.82, 2.24) is 9.55 Å². The van der Waals surface area contributed by atoms with E-state index in [1.165, 1.54) is 25.5 Å². The van der Waals surface area contributed by atoms with E-state index in [1.807, 2.05) is 6.07 Å². The lowest BCUT2D eigenvalue weighted by atomic mass is 9.63. The zero-order valence-corrected chi connectivity index (χ0v) is 17.8. The highest BCUT2D eigenvalue weighted by atomic mass is 32.2. The fourth-order valence-corrected chi connectivity index (χ4v) is 6.39. The Hall–Kier alpha value is -2.74. The first-order valence-corrected chi connectivity index (χ1v) is 12.3. The molecule has 0 unspecified atom stereocenters. The number of aromatic amines is 1. The number of anilines is 2. The Morgan fingerprint density at radius 3 is 2.68 bits per heavy atom. The molecule has 162 valence electrons. The van der Waals surface area contributed by atoms with Crippen molar-refractivity contribution in [1.29, 1.82) is 0 Å². The number of nitrogens with one attached hydrogen (secondary N) is 2. The van der Waals surface area contributed by atoms with Crippen LogP contribution in [0.1, 0.15) is 36.2 Å². The second-order valence-corrected chi connectivity index (χ2v) is 11.2. The highest BCUT2D eigenvalue weighted by Gasteiger charge is 2.47. The number of aryl methyl sites for hydroxylation is 1. The van der Waals surface area contributed by atoms with E-state index < -0.39 is 22.6 Å². The van der Waals surface area contributed by atoms with Gasteiger partial charge in [-0.25, -0.2) is 8.42 Å². The molecule has 0 radical (unpaired) electrons. The van der Waals surface area contributed by atoms with Crippen LogP contribution in [-0.4, -0.2) is 36.3 Å². The van der Waals surface area contributed by atoms with E-state index in [0.29, 0.717) is 40.5 Å². The number of rotatable bonds is 5. The van der Waals surface area contributed by atoms with Gasteiger partial charge in [0.05, 0.1) is 5.25 Å². The van der Waals surface area contributed by atoms with Crippen LogP contribution in [0.15, 0.2) is 41.5 Å². The molecule has 1 aromatic carbocycles. The summed E-state index contributed by atoms with van der Waals surface area (Å²) in [5.74, 6) is 0. The number of benzene rings is 1. The third kappa shape index (κ3) is 2.99. The van der Waals surface area contributed by atoms with Crippen molar-refractivity contribution < 1.29 is 12.5 Å². The predicted octanol–water partition coefficient (Wildman–Crippen LogP) is 3.43. The summed E-state index contributed by atoms with van der Waals surface area (Å²) in [5, 5.41) is 0.242. The third-order valence-electron chi connectivity index (χ3n) is 7.05. The summed E-state index contributed by atoms with van der Waals surface area (Å²) < 4.78 is 52.2. The molecule has 2 saturated carbocycles. The van der Waals surface area contributed by atoms with Crippen molar-refractivity contribution in [2.24, 2.45) is 12.4 Å². The van der Waals surface area contributed by atoms with Crippen molar-refractivity contribution >= 4 is 32.3 Å². The van der Waals surface area contributed by atoms with Crippen LogP contribution in [-0.2, 0) is 17.0 Å². The average Bonchev–Trinajstić information content (AvgIpc) is 3.44. The minimum absolute atomic E-state index is 0.211. The summed E-state index contributed by atoms with van der Waals surface area (Å²) in [7, 11) is -3.46. The summed E-state index contributed by atoms with van der Waals surface area (Å²) in [6, 6.07) is 7.18. The van der Waals surface area contributed by atoms with Crippen LogP contribution in [0.25, 0.3) is 22.0 Å². The zero-order valence-electron chi connectivity index (χ0n) is 20.0. The fourth-order valence-electron chi connectivity index (χ4n) is 5.01. The van der Waals surface area contributed by atoms with Gasteiger partial charge in [0.1, 0.15) is 5.52 Å². The number of nitrogens with zero attached hydrogens (tertiary/aromatic N) is 2. The topological polar surface area (TPSA) is 87.2 Å². The minimum atomic E-state index is -3.46. The first kappa shape index (κ1) is 16.0. The van der Waals surface area contributed by atoms with Crippen LogP contribution in [0.2, 0.25) is 0 Å². The fraction of sp³-hybridized carbons (Fsp3) is 0.435. The first-order chi connectivity index (χ1) is 16.1. The molecule has 0 atom stereocenters. The molecule has 3 fully saturated rings. The summed E-state index contributed by atoms with van der Waals surface area (Å²) >= 11 is 0. The first-order valence-electron chi connectivity index (χ1n) is 12.2. The lowest BCUT2D eigenvalue weighted by Crippen LogP contribution is -2.60. The van der Waals surface area contributed by atoms with Crippen LogP contribution in [0.5, 0.6) is 0 Å². The lowest BCUT2D eigenvalue weighted by molar-refractivity contribution is 0.0905. The maximum absolute atomic E-state index is 12.8. The Morgan fingerprint density at radius 1 is 1.19 bits per heavy atom. The predicted molar refractivity (Wildman–Crippen MR) is 123 cm³/mol. The number of fused-ring (bicyclic) bond motifs is 1. The molecule has 2 aromatic heterocycles. The second kappa shape index (κ2) is 6.38. The Kier molecular flexibility index (Phi) is 3.29. The van der Waals surface area contributed by atoms with Gasteiger partial charge in [-0.05, 0) is 49.9 Å².